The monoisotopic (exact) mass is 384 g/mol. The molecule has 0 aliphatic carbocycles. The topological polar surface area (TPSA) is 97.2 Å². The minimum absolute atomic E-state index is 0.169. The van der Waals surface area contributed by atoms with E-state index in [1.165, 1.54) is 11.8 Å². The van der Waals surface area contributed by atoms with Crippen molar-refractivity contribution in [3.05, 3.63) is 59.7 Å². The van der Waals surface area contributed by atoms with Gasteiger partial charge in [-0.15, -0.1) is 0 Å². The van der Waals surface area contributed by atoms with Crippen LogP contribution < -0.4 is 14.9 Å². The normalized spacial score (nSPS) is 11.8. The molecule has 1 atom stereocenters. The summed E-state index contributed by atoms with van der Waals surface area (Å²) in [5.41, 5.74) is 4.14. The van der Waals surface area contributed by atoms with Crippen molar-refractivity contribution in [2.75, 3.05) is 13.2 Å². The summed E-state index contributed by atoms with van der Waals surface area (Å²) in [7, 11) is 0. The highest BCUT2D eigenvalue weighted by Gasteiger charge is 2.06. The van der Waals surface area contributed by atoms with E-state index < -0.39 is 18.5 Å². The Hall–Kier alpha value is -3.35. The van der Waals surface area contributed by atoms with Crippen molar-refractivity contribution in [3.63, 3.8) is 0 Å². The number of para-hydroxylation sites is 1. The largest absolute Gasteiger partial charge is 0.484 e. The summed E-state index contributed by atoms with van der Waals surface area (Å²) in [5.74, 6) is -0.0336. The number of nitrogens with one attached hydrogen (secondary N) is 1. The van der Waals surface area contributed by atoms with Crippen LogP contribution in [0.15, 0.2) is 53.6 Å². The lowest BCUT2D eigenvalue weighted by Crippen LogP contribution is -2.24. The highest BCUT2D eigenvalue weighted by molar-refractivity contribution is 5.85. The number of nitrogens with zero attached hydrogens (tertiary/aromatic N) is 1. The number of carbonyl (C=O) groups is 2. The maximum absolute atomic E-state index is 11.9. The molecule has 148 valence electrons. The van der Waals surface area contributed by atoms with E-state index >= 15 is 0 Å². The first-order valence-corrected chi connectivity index (χ1v) is 8.98. The SMILES string of the molecule is CC[C@H](C)c1ccc(OCC(=O)N/N=C/c2ccccc2OCC(=O)O)cc1. The quantitative estimate of drug-likeness (QED) is 0.484. The lowest BCUT2D eigenvalue weighted by atomic mass is 9.99. The summed E-state index contributed by atoms with van der Waals surface area (Å²) < 4.78 is 10.6. The Morgan fingerprint density at radius 2 is 1.82 bits per heavy atom. The second-order valence-corrected chi connectivity index (χ2v) is 6.18. The fourth-order valence-electron chi connectivity index (χ4n) is 2.34. The van der Waals surface area contributed by atoms with Crippen molar-refractivity contribution in [1.82, 2.24) is 5.43 Å². The molecule has 7 nitrogen and oxygen atoms in total. The minimum Gasteiger partial charge on any atom is -0.484 e. The molecule has 2 rings (SSSR count). The van der Waals surface area contributed by atoms with E-state index in [4.69, 9.17) is 14.6 Å². The van der Waals surface area contributed by atoms with E-state index in [1.54, 1.807) is 24.3 Å². The molecule has 0 aromatic heterocycles. The maximum Gasteiger partial charge on any atom is 0.341 e. The third kappa shape index (κ3) is 6.75. The van der Waals surface area contributed by atoms with E-state index in [9.17, 15) is 9.59 Å². The third-order valence-corrected chi connectivity index (χ3v) is 4.09. The molecule has 0 bridgehead atoms. The first-order valence-electron chi connectivity index (χ1n) is 8.98. The number of hydrogen-bond donors (Lipinski definition) is 2. The summed E-state index contributed by atoms with van der Waals surface area (Å²) in [5, 5.41) is 12.6. The van der Waals surface area contributed by atoms with Crippen LogP contribution in [-0.4, -0.2) is 36.4 Å². The Kier molecular flexibility index (Phi) is 8.02. The average molecular weight is 384 g/mol. The van der Waals surface area contributed by atoms with Gasteiger partial charge in [-0.05, 0) is 42.2 Å². The average Bonchev–Trinajstić information content (AvgIpc) is 2.71. The van der Waals surface area contributed by atoms with Crippen LogP contribution in [0.1, 0.15) is 37.3 Å². The van der Waals surface area contributed by atoms with Crippen LogP contribution in [-0.2, 0) is 9.59 Å². The van der Waals surface area contributed by atoms with Gasteiger partial charge in [-0.2, -0.15) is 5.10 Å². The highest BCUT2D eigenvalue weighted by atomic mass is 16.5. The number of carboxylic acids is 1. The molecule has 2 aromatic carbocycles. The number of amides is 1. The van der Waals surface area contributed by atoms with Crippen LogP contribution in [0.3, 0.4) is 0 Å². The maximum atomic E-state index is 11.9. The summed E-state index contributed by atoms with van der Waals surface area (Å²) in [4.78, 5) is 22.5. The molecule has 0 saturated carbocycles. The van der Waals surface area contributed by atoms with Crippen molar-refractivity contribution < 1.29 is 24.2 Å². The summed E-state index contributed by atoms with van der Waals surface area (Å²) in [6.07, 6.45) is 2.45. The van der Waals surface area contributed by atoms with Gasteiger partial charge < -0.3 is 14.6 Å². The fraction of sp³-hybridized carbons (Fsp3) is 0.286. The Labute approximate surface area is 164 Å². The molecular formula is C21H24N2O5. The number of rotatable bonds is 10. The molecule has 1 amide bonds. The van der Waals surface area contributed by atoms with E-state index in [0.29, 0.717) is 23.0 Å². The molecule has 7 heteroatoms. The van der Waals surface area contributed by atoms with Gasteiger partial charge in [-0.3, -0.25) is 4.79 Å². The lowest BCUT2D eigenvalue weighted by molar-refractivity contribution is -0.139. The van der Waals surface area contributed by atoms with Gasteiger partial charge in [0.15, 0.2) is 13.2 Å². The van der Waals surface area contributed by atoms with Gasteiger partial charge in [-0.1, -0.05) is 38.1 Å². The first kappa shape index (κ1) is 21.0. The molecule has 0 unspecified atom stereocenters. The Morgan fingerprint density at radius 3 is 2.50 bits per heavy atom. The summed E-state index contributed by atoms with van der Waals surface area (Å²) >= 11 is 0. The van der Waals surface area contributed by atoms with E-state index in [1.807, 2.05) is 24.3 Å². The molecule has 28 heavy (non-hydrogen) atoms. The van der Waals surface area contributed by atoms with Crippen LogP contribution >= 0.6 is 0 Å². The molecule has 0 fully saturated rings. The zero-order valence-electron chi connectivity index (χ0n) is 15.9. The van der Waals surface area contributed by atoms with E-state index in [-0.39, 0.29) is 6.61 Å². The molecule has 0 spiro atoms. The number of carbonyl (C=O) groups excluding carboxylic acids is 1. The molecule has 2 N–H and O–H groups in total. The third-order valence-electron chi connectivity index (χ3n) is 4.09. The molecule has 0 aliphatic rings. The molecule has 0 saturated heterocycles. The van der Waals surface area contributed by atoms with Gasteiger partial charge in [0.25, 0.3) is 5.91 Å². The molecular weight excluding hydrogens is 360 g/mol. The lowest BCUT2D eigenvalue weighted by Gasteiger charge is -2.10. The van der Waals surface area contributed by atoms with Crippen molar-refractivity contribution in [3.8, 4) is 11.5 Å². The van der Waals surface area contributed by atoms with Crippen molar-refractivity contribution in [1.29, 1.82) is 0 Å². The summed E-state index contributed by atoms with van der Waals surface area (Å²) in [6.45, 7) is 3.67. The highest BCUT2D eigenvalue weighted by Crippen LogP contribution is 2.21. The Balaban J connectivity index is 1.83. The van der Waals surface area contributed by atoms with Crippen LogP contribution in [0.25, 0.3) is 0 Å². The molecule has 0 heterocycles. The van der Waals surface area contributed by atoms with Gasteiger partial charge in [0.1, 0.15) is 11.5 Å². The predicted molar refractivity (Wildman–Crippen MR) is 106 cm³/mol. The van der Waals surface area contributed by atoms with E-state index in [2.05, 4.69) is 24.4 Å². The second kappa shape index (κ2) is 10.7. The number of benzene rings is 2. The van der Waals surface area contributed by atoms with Crippen LogP contribution in [0, 0.1) is 0 Å². The Bertz CT molecular complexity index is 818. The van der Waals surface area contributed by atoms with Gasteiger partial charge in [0.2, 0.25) is 0 Å². The first-order chi connectivity index (χ1) is 13.5. The standard InChI is InChI=1S/C21H24N2O5/c1-3-15(2)16-8-10-18(11-9-16)27-13-20(24)23-22-12-17-6-4-5-7-19(17)28-14-21(25)26/h4-12,15H,3,13-14H2,1-2H3,(H,23,24)(H,25,26)/b22-12+/t15-/m0/s1. The zero-order chi connectivity index (χ0) is 20.4. The smallest absolute Gasteiger partial charge is 0.341 e. The number of hydrazone groups is 1. The van der Waals surface area contributed by atoms with Crippen LogP contribution in [0.2, 0.25) is 0 Å². The second-order valence-electron chi connectivity index (χ2n) is 6.18. The number of aliphatic carboxylic acids is 1. The number of carboxylic acid groups (broad SMARTS) is 1. The van der Waals surface area contributed by atoms with Crippen LogP contribution in [0.4, 0.5) is 0 Å². The predicted octanol–water partition coefficient (Wildman–Crippen LogP) is 3.19. The number of ether oxygens (including phenoxy) is 2. The van der Waals surface area contributed by atoms with Gasteiger partial charge in [-0.25, -0.2) is 10.2 Å². The summed E-state index contributed by atoms with van der Waals surface area (Å²) in [6, 6.07) is 14.5. The van der Waals surface area contributed by atoms with Crippen molar-refractivity contribution >= 4 is 18.1 Å². The Morgan fingerprint density at radius 1 is 1.11 bits per heavy atom. The van der Waals surface area contributed by atoms with Gasteiger partial charge in [0.05, 0.1) is 6.21 Å². The zero-order valence-corrected chi connectivity index (χ0v) is 15.9. The van der Waals surface area contributed by atoms with Crippen molar-refractivity contribution in [2.45, 2.75) is 26.2 Å². The van der Waals surface area contributed by atoms with Gasteiger partial charge >= 0.3 is 5.97 Å². The minimum atomic E-state index is -1.07. The van der Waals surface area contributed by atoms with Crippen LogP contribution in [0.5, 0.6) is 11.5 Å². The fourth-order valence-corrected chi connectivity index (χ4v) is 2.34. The molecule has 0 aliphatic heterocycles. The molecule has 2 aromatic rings. The van der Waals surface area contributed by atoms with Gasteiger partial charge in [0, 0.05) is 5.56 Å². The number of hydrogen-bond acceptors (Lipinski definition) is 5. The van der Waals surface area contributed by atoms with E-state index in [0.717, 1.165) is 6.42 Å². The molecule has 0 radical (unpaired) electrons. The van der Waals surface area contributed by atoms with Crippen molar-refractivity contribution in [2.24, 2.45) is 5.10 Å².